The maximum Gasteiger partial charge on any atom is 0.259 e. The standard InChI is InChI=1S/C14H12N2O3/c1-8-11(5-6-18-8)14(17)16-10-3-4-12-13(7-10)19-9(2)15-12/h3-7H,1-2H3,(H,16,17). The van der Waals surface area contributed by atoms with Gasteiger partial charge in [0.2, 0.25) is 0 Å². The fourth-order valence-electron chi connectivity index (χ4n) is 1.94. The van der Waals surface area contributed by atoms with Gasteiger partial charge in [-0.15, -0.1) is 0 Å². The van der Waals surface area contributed by atoms with Crippen molar-refractivity contribution in [2.45, 2.75) is 13.8 Å². The number of anilines is 1. The second kappa shape index (κ2) is 4.28. The van der Waals surface area contributed by atoms with Crippen LogP contribution in [0.25, 0.3) is 11.1 Å². The first-order chi connectivity index (χ1) is 9.13. The zero-order valence-electron chi connectivity index (χ0n) is 10.6. The normalized spacial score (nSPS) is 10.8. The van der Waals surface area contributed by atoms with Crippen molar-refractivity contribution in [2.75, 3.05) is 5.32 Å². The molecule has 0 atom stereocenters. The quantitative estimate of drug-likeness (QED) is 0.763. The number of fused-ring (bicyclic) bond motifs is 1. The van der Waals surface area contributed by atoms with Crippen molar-refractivity contribution in [3.05, 3.63) is 47.7 Å². The van der Waals surface area contributed by atoms with Crippen LogP contribution in [0.1, 0.15) is 22.0 Å². The van der Waals surface area contributed by atoms with Crippen LogP contribution in [0.5, 0.6) is 0 Å². The Labute approximate surface area is 109 Å². The van der Waals surface area contributed by atoms with E-state index in [4.69, 9.17) is 8.83 Å². The van der Waals surface area contributed by atoms with Crippen LogP contribution < -0.4 is 5.32 Å². The van der Waals surface area contributed by atoms with Crippen LogP contribution in [0.3, 0.4) is 0 Å². The molecular formula is C14H12N2O3. The summed E-state index contributed by atoms with van der Waals surface area (Å²) in [4.78, 5) is 16.2. The van der Waals surface area contributed by atoms with Crippen molar-refractivity contribution >= 4 is 22.7 Å². The van der Waals surface area contributed by atoms with Gasteiger partial charge in [-0.3, -0.25) is 4.79 Å². The van der Waals surface area contributed by atoms with Crippen molar-refractivity contribution in [1.29, 1.82) is 0 Å². The maximum atomic E-state index is 12.0. The zero-order chi connectivity index (χ0) is 13.4. The van der Waals surface area contributed by atoms with Gasteiger partial charge in [0, 0.05) is 18.7 Å². The van der Waals surface area contributed by atoms with Gasteiger partial charge in [0.1, 0.15) is 11.3 Å². The van der Waals surface area contributed by atoms with Crippen LogP contribution in [0.4, 0.5) is 5.69 Å². The summed E-state index contributed by atoms with van der Waals surface area (Å²) in [5.41, 5.74) is 2.61. The lowest BCUT2D eigenvalue weighted by atomic mass is 10.2. The van der Waals surface area contributed by atoms with Crippen molar-refractivity contribution in [2.24, 2.45) is 0 Å². The molecule has 0 unspecified atom stereocenters. The highest BCUT2D eigenvalue weighted by Gasteiger charge is 2.12. The van der Waals surface area contributed by atoms with Crippen LogP contribution in [0.2, 0.25) is 0 Å². The number of hydrogen-bond donors (Lipinski definition) is 1. The maximum absolute atomic E-state index is 12.0. The lowest BCUT2D eigenvalue weighted by Crippen LogP contribution is -2.11. The molecule has 1 N–H and O–H groups in total. The predicted molar refractivity (Wildman–Crippen MR) is 70.1 cm³/mol. The van der Waals surface area contributed by atoms with E-state index in [0.29, 0.717) is 28.5 Å². The average Bonchev–Trinajstić information content (AvgIpc) is 2.93. The van der Waals surface area contributed by atoms with E-state index < -0.39 is 0 Å². The van der Waals surface area contributed by atoms with Gasteiger partial charge in [0.15, 0.2) is 11.5 Å². The minimum absolute atomic E-state index is 0.207. The molecule has 19 heavy (non-hydrogen) atoms. The van der Waals surface area contributed by atoms with E-state index in [1.165, 1.54) is 6.26 Å². The van der Waals surface area contributed by atoms with Crippen LogP contribution in [0.15, 0.2) is 39.4 Å². The minimum Gasteiger partial charge on any atom is -0.469 e. The van der Waals surface area contributed by atoms with Crippen LogP contribution >= 0.6 is 0 Å². The molecule has 5 nitrogen and oxygen atoms in total. The third kappa shape index (κ3) is 2.10. The topological polar surface area (TPSA) is 68.3 Å². The summed E-state index contributed by atoms with van der Waals surface area (Å²) in [6, 6.07) is 6.99. The fraction of sp³-hybridized carbons (Fsp3) is 0.143. The first-order valence-electron chi connectivity index (χ1n) is 5.86. The summed E-state index contributed by atoms with van der Waals surface area (Å²) in [6.45, 7) is 3.53. The van der Waals surface area contributed by atoms with Gasteiger partial charge in [-0.25, -0.2) is 4.98 Å². The predicted octanol–water partition coefficient (Wildman–Crippen LogP) is 3.29. The third-order valence-corrected chi connectivity index (χ3v) is 2.86. The highest BCUT2D eigenvalue weighted by molar-refractivity contribution is 6.05. The molecule has 0 radical (unpaired) electrons. The SMILES string of the molecule is Cc1nc2ccc(NC(=O)c3ccoc3C)cc2o1. The number of furan rings is 1. The van der Waals surface area contributed by atoms with Crippen molar-refractivity contribution < 1.29 is 13.6 Å². The molecular weight excluding hydrogens is 244 g/mol. The van der Waals surface area contributed by atoms with Gasteiger partial charge in [0.05, 0.1) is 11.8 Å². The molecule has 3 aromatic rings. The summed E-state index contributed by atoms with van der Waals surface area (Å²) >= 11 is 0. The molecule has 0 saturated carbocycles. The monoisotopic (exact) mass is 256 g/mol. The van der Waals surface area contributed by atoms with Gasteiger partial charge in [-0.1, -0.05) is 0 Å². The van der Waals surface area contributed by atoms with E-state index in [1.807, 2.05) is 6.07 Å². The number of nitrogens with zero attached hydrogens (tertiary/aromatic N) is 1. The van der Waals surface area contributed by atoms with Gasteiger partial charge in [-0.05, 0) is 25.1 Å². The smallest absolute Gasteiger partial charge is 0.259 e. The van der Waals surface area contributed by atoms with E-state index in [0.717, 1.165) is 5.52 Å². The summed E-state index contributed by atoms with van der Waals surface area (Å²) in [5.74, 6) is 0.986. The fourth-order valence-corrected chi connectivity index (χ4v) is 1.94. The number of oxazole rings is 1. The number of carbonyl (C=O) groups excluding carboxylic acids is 1. The van der Waals surface area contributed by atoms with Crippen LogP contribution in [-0.2, 0) is 0 Å². The third-order valence-electron chi connectivity index (χ3n) is 2.86. The number of nitrogens with one attached hydrogen (secondary N) is 1. The molecule has 0 aliphatic rings. The number of carbonyl (C=O) groups is 1. The number of benzene rings is 1. The summed E-state index contributed by atoms with van der Waals surface area (Å²) < 4.78 is 10.5. The number of rotatable bonds is 2. The van der Waals surface area contributed by atoms with E-state index in [9.17, 15) is 4.79 Å². The molecule has 0 saturated heterocycles. The first-order valence-corrected chi connectivity index (χ1v) is 5.86. The number of amides is 1. The minimum atomic E-state index is -0.207. The molecule has 1 aromatic carbocycles. The van der Waals surface area contributed by atoms with Gasteiger partial charge < -0.3 is 14.2 Å². The van der Waals surface area contributed by atoms with Crippen molar-refractivity contribution in [3.8, 4) is 0 Å². The van der Waals surface area contributed by atoms with Crippen molar-refractivity contribution in [1.82, 2.24) is 4.98 Å². The molecule has 96 valence electrons. The van der Waals surface area contributed by atoms with Crippen LogP contribution in [0, 0.1) is 13.8 Å². The highest BCUT2D eigenvalue weighted by Crippen LogP contribution is 2.20. The first kappa shape index (κ1) is 11.5. The molecule has 2 aromatic heterocycles. The summed E-state index contributed by atoms with van der Waals surface area (Å²) in [5, 5.41) is 2.80. The lowest BCUT2D eigenvalue weighted by Gasteiger charge is -2.03. The lowest BCUT2D eigenvalue weighted by molar-refractivity contribution is 0.102. The summed E-state index contributed by atoms with van der Waals surface area (Å²) in [6.07, 6.45) is 1.49. The van der Waals surface area contributed by atoms with Crippen LogP contribution in [-0.4, -0.2) is 10.9 Å². The molecule has 0 bridgehead atoms. The van der Waals surface area contributed by atoms with E-state index in [2.05, 4.69) is 10.3 Å². The second-order valence-corrected chi connectivity index (χ2v) is 4.26. The Kier molecular flexibility index (Phi) is 2.59. The highest BCUT2D eigenvalue weighted by atomic mass is 16.3. The number of hydrogen-bond acceptors (Lipinski definition) is 4. The Morgan fingerprint density at radius 3 is 2.84 bits per heavy atom. The second-order valence-electron chi connectivity index (χ2n) is 4.26. The van der Waals surface area contributed by atoms with Crippen molar-refractivity contribution in [3.63, 3.8) is 0 Å². The molecule has 0 fully saturated rings. The van der Waals surface area contributed by atoms with Gasteiger partial charge in [-0.2, -0.15) is 0 Å². The Bertz CT molecular complexity index is 755. The Hall–Kier alpha value is -2.56. The molecule has 1 amide bonds. The number of aryl methyl sites for hydroxylation is 2. The Balaban J connectivity index is 1.89. The molecule has 0 aliphatic heterocycles. The van der Waals surface area contributed by atoms with E-state index >= 15 is 0 Å². The Morgan fingerprint density at radius 1 is 1.26 bits per heavy atom. The Morgan fingerprint density at radius 2 is 2.11 bits per heavy atom. The molecule has 2 heterocycles. The van der Waals surface area contributed by atoms with E-state index in [-0.39, 0.29) is 5.91 Å². The zero-order valence-corrected chi connectivity index (χ0v) is 10.6. The van der Waals surface area contributed by atoms with Gasteiger partial charge >= 0.3 is 0 Å². The largest absolute Gasteiger partial charge is 0.469 e. The van der Waals surface area contributed by atoms with Gasteiger partial charge in [0.25, 0.3) is 5.91 Å². The summed E-state index contributed by atoms with van der Waals surface area (Å²) in [7, 11) is 0. The molecule has 3 rings (SSSR count). The molecule has 0 aliphatic carbocycles. The van der Waals surface area contributed by atoms with E-state index in [1.54, 1.807) is 32.0 Å². The molecule has 0 spiro atoms. The average molecular weight is 256 g/mol. The molecule has 5 heteroatoms. The number of aromatic nitrogens is 1.